The molecule has 1 atom stereocenters. The van der Waals surface area contributed by atoms with Gasteiger partial charge < -0.3 is 11.0 Å². The molecule has 31 heavy (non-hydrogen) atoms. The standard InChI is InChI=1S/C25H33N2O.2ClH.Zn/c1-5-25(20(2)3,19-21-9-7-6-8-10-21)24(28)22-11-13-23(14-12-22)27-17-15-26(4)16-18-27;;;/h6-14H,5,15-19H2,1-4H3;2*1H;/q-1;;;+2/p-1. The summed E-state index contributed by atoms with van der Waals surface area (Å²) in [6.07, 6.45) is 10.2. The van der Waals surface area contributed by atoms with Crippen molar-refractivity contribution in [3.63, 3.8) is 0 Å². The van der Waals surface area contributed by atoms with Crippen molar-refractivity contribution in [2.75, 3.05) is 33.2 Å². The van der Waals surface area contributed by atoms with Crippen LogP contribution in [0.4, 0.5) is 0 Å². The Bertz CT molecular complexity index is 805. The molecule has 1 aromatic carbocycles. The third-order valence-electron chi connectivity index (χ3n) is 6.37. The quantitative estimate of drug-likeness (QED) is 0.227. The van der Waals surface area contributed by atoms with Gasteiger partial charge in [-0.15, -0.1) is 0 Å². The van der Waals surface area contributed by atoms with Crippen LogP contribution in [0.1, 0.15) is 32.8 Å². The van der Waals surface area contributed by atoms with Gasteiger partial charge in [0.25, 0.3) is 0 Å². The Morgan fingerprint density at radius 3 is 2.13 bits per heavy atom. The predicted molar refractivity (Wildman–Crippen MR) is 130 cm³/mol. The first kappa shape index (κ1) is 26.3. The Hall–Kier alpha value is -0.927. The summed E-state index contributed by atoms with van der Waals surface area (Å²) in [6, 6.07) is 10.5. The Morgan fingerprint density at radius 1 is 1.10 bits per heavy atom. The molecule has 0 aromatic heterocycles. The molecule has 1 saturated heterocycles. The molecule has 6 heteroatoms. The van der Waals surface area contributed by atoms with E-state index in [9.17, 15) is 5.11 Å². The minimum absolute atomic E-state index is 0.337. The normalized spacial score (nSPS) is 18.4. The second kappa shape index (κ2) is 12.9. The summed E-state index contributed by atoms with van der Waals surface area (Å²) in [5.74, 6) is 1.74. The molecule has 1 aliphatic heterocycles. The fraction of sp³-hybridized carbons (Fsp3) is 0.440. The molecule has 166 valence electrons. The molecule has 1 unspecified atom stereocenters. The van der Waals surface area contributed by atoms with Crippen LogP contribution in [0.2, 0.25) is 0 Å². The van der Waals surface area contributed by atoms with E-state index in [4.69, 9.17) is 19.4 Å². The number of likely N-dealkylation sites (N-methyl/N-ethyl adjacent to an activating group) is 1. The zero-order valence-corrected chi connectivity index (χ0v) is 23.7. The van der Waals surface area contributed by atoms with Crippen molar-refractivity contribution in [3.8, 4) is 0 Å². The molecule has 0 bridgehead atoms. The summed E-state index contributed by atoms with van der Waals surface area (Å²) >= 11 is -0.931. The maximum atomic E-state index is 11.4. The SMILES string of the molecule is CCC(Cc1ccccc1)(C(O)=C1C=CC(=[N+]2CCN(C)CC2)C=C1)[C-](C)C.[Cl][Zn][Cl]. The molecular formula is C25H34Cl2N2OZn. The molecule has 0 amide bonds. The van der Waals surface area contributed by atoms with E-state index in [1.165, 1.54) is 17.2 Å². The predicted octanol–water partition coefficient (Wildman–Crippen LogP) is 5.95. The number of rotatable bonds is 5. The van der Waals surface area contributed by atoms with Crippen LogP contribution in [-0.4, -0.2) is 53.5 Å². The van der Waals surface area contributed by atoms with E-state index in [2.05, 4.69) is 85.9 Å². The van der Waals surface area contributed by atoms with E-state index in [0.717, 1.165) is 44.6 Å². The van der Waals surface area contributed by atoms with Crippen molar-refractivity contribution in [2.45, 2.75) is 33.6 Å². The third-order valence-corrected chi connectivity index (χ3v) is 6.37. The summed E-state index contributed by atoms with van der Waals surface area (Å²) in [5.41, 5.74) is 3.09. The number of allylic oxidation sites excluding steroid dienone is 6. The second-order valence-corrected chi connectivity index (χ2v) is 13.0. The van der Waals surface area contributed by atoms with E-state index in [1.807, 2.05) is 6.07 Å². The number of benzene rings is 1. The van der Waals surface area contributed by atoms with Gasteiger partial charge in [-0.1, -0.05) is 49.1 Å². The Morgan fingerprint density at radius 2 is 1.65 bits per heavy atom. The summed E-state index contributed by atoms with van der Waals surface area (Å²) in [6.45, 7) is 10.8. The van der Waals surface area contributed by atoms with Crippen molar-refractivity contribution < 1.29 is 24.8 Å². The van der Waals surface area contributed by atoms with Gasteiger partial charge in [0.05, 0.1) is 18.8 Å². The van der Waals surface area contributed by atoms with Crippen molar-refractivity contribution in [1.82, 2.24) is 4.90 Å². The van der Waals surface area contributed by atoms with Crippen molar-refractivity contribution in [2.24, 2.45) is 5.41 Å². The van der Waals surface area contributed by atoms with Crippen LogP contribution < -0.4 is 0 Å². The van der Waals surface area contributed by atoms with Gasteiger partial charge >= 0.3 is 34.5 Å². The molecule has 3 nitrogen and oxygen atoms in total. The second-order valence-electron chi connectivity index (χ2n) is 8.38. The van der Waals surface area contributed by atoms with Gasteiger partial charge in [-0.05, 0) is 31.2 Å². The Balaban J connectivity index is 0.00000107. The first-order chi connectivity index (χ1) is 14.9. The average molecular weight is 515 g/mol. The van der Waals surface area contributed by atoms with Gasteiger partial charge in [-0.3, -0.25) is 4.90 Å². The summed E-state index contributed by atoms with van der Waals surface area (Å²) in [4.78, 5) is 2.36. The number of hydrogen-bond donors (Lipinski definition) is 1. The maximum absolute atomic E-state index is 11.4. The van der Waals surface area contributed by atoms with E-state index < -0.39 is 15.1 Å². The monoisotopic (exact) mass is 512 g/mol. The van der Waals surface area contributed by atoms with Crippen LogP contribution in [0, 0.1) is 11.3 Å². The van der Waals surface area contributed by atoms with Gasteiger partial charge in [-0.2, -0.15) is 13.8 Å². The Labute approximate surface area is 203 Å². The summed E-state index contributed by atoms with van der Waals surface area (Å²) < 4.78 is 2.43. The molecular weight excluding hydrogens is 481 g/mol. The zero-order valence-electron chi connectivity index (χ0n) is 19.2. The average Bonchev–Trinajstić information content (AvgIpc) is 2.79. The fourth-order valence-corrected chi connectivity index (χ4v) is 4.26. The topological polar surface area (TPSA) is 26.5 Å². The minimum atomic E-state index is -0.931. The first-order valence-corrected chi connectivity index (χ1v) is 18.7. The number of aliphatic hydroxyl groups is 1. The molecule has 0 spiro atoms. The van der Waals surface area contributed by atoms with Crippen molar-refractivity contribution in [1.29, 1.82) is 0 Å². The van der Waals surface area contributed by atoms with Gasteiger partial charge in [0, 0.05) is 17.7 Å². The van der Waals surface area contributed by atoms with Gasteiger partial charge in [-0.25, -0.2) is 4.58 Å². The summed E-state index contributed by atoms with van der Waals surface area (Å²) in [7, 11) is 12.1. The molecule has 2 aliphatic rings. The van der Waals surface area contributed by atoms with E-state index in [1.54, 1.807) is 0 Å². The molecule has 1 N–H and O–H groups in total. The van der Waals surface area contributed by atoms with Crippen LogP contribution in [0.5, 0.6) is 0 Å². The van der Waals surface area contributed by atoms with Crippen LogP contribution >= 0.6 is 19.4 Å². The van der Waals surface area contributed by atoms with E-state index in [0.29, 0.717) is 5.76 Å². The van der Waals surface area contributed by atoms with Crippen LogP contribution in [0.3, 0.4) is 0 Å². The number of hydrogen-bond acceptors (Lipinski definition) is 2. The zero-order chi connectivity index (χ0) is 22.9. The number of nitrogens with zero attached hydrogens (tertiary/aromatic N) is 2. The number of piperazine rings is 1. The number of halogens is 2. The first-order valence-electron chi connectivity index (χ1n) is 10.9. The molecule has 1 fully saturated rings. The van der Waals surface area contributed by atoms with Crippen LogP contribution in [-0.2, 0) is 21.6 Å². The molecule has 1 aromatic rings. The fourth-order valence-electron chi connectivity index (χ4n) is 4.26. The van der Waals surface area contributed by atoms with Gasteiger partial charge in [0.2, 0.25) is 0 Å². The van der Waals surface area contributed by atoms with E-state index >= 15 is 0 Å². The van der Waals surface area contributed by atoms with Crippen molar-refractivity contribution in [3.05, 3.63) is 77.4 Å². The van der Waals surface area contributed by atoms with Crippen LogP contribution in [0.15, 0.2) is 66.0 Å². The number of aliphatic hydroxyl groups excluding tert-OH is 1. The van der Waals surface area contributed by atoms with E-state index in [-0.39, 0.29) is 5.41 Å². The van der Waals surface area contributed by atoms with Crippen LogP contribution in [0.25, 0.3) is 0 Å². The molecule has 0 saturated carbocycles. The Kier molecular flexibility index (Phi) is 11.0. The third kappa shape index (κ3) is 7.03. The molecule has 1 heterocycles. The van der Waals surface area contributed by atoms with Gasteiger partial charge in [0.15, 0.2) is 18.8 Å². The molecule has 0 radical (unpaired) electrons. The van der Waals surface area contributed by atoms with Crippen molar-refractivity contribution >= 4 is 25.1 Å². The summed E-state index contributed by atoms with van der Waals surface area (Å²) in [5, 5.41) is 11.4. The molecule has 3 rings (SSSR count). The van der Waals surface area contributed by atoms with Gasteiger partial charge in [0.1, 0.15) is 0 Å². The molecule has 1 aliphatic carbocycles.